The molecule has 0 saturated heterocycles. The maximum absolute atomic E-state index is 11.9. The van der Waals surface area contributed by atoms with E-state index in [2.05, 4.69) is 5.32 Å². The second kappa shape index (κ2) is 7.59. The number of rotatable bonds is 7. The fourth-order valence-corrected chi connectivity index (χ4v) is 1.95. The van der Waals surface area contributed by atoms with Crippen LogP contribution in [0.5, 0.6) is 11.5 Å². The number of hydrogen-bond acceptors (Lipinski definition) is 3. The van der Waals surface area contributed by atoms with Gasteiger partial charge >= 0.3 is 6.18 Å². The minimum atomic E-state index is -4.10. The maximum Gasteiger partial charge on any atom is 0.389 e. The van der Waals surface area contributed by atoms with E-state index in [0.29, 0.717) is 30.1 Å². The molecule has 0 saturated carbocycles. The van der Waals surface area contributed by atoms with E-state index in [0.717, 1.165) is 0 Å². The van der Waals surface area contributed by atoms with Crippen molar-refractivity contribution in [3.05, 3.63) is 22.7 Å². The SMILES string of the molecule is COc1cc(Cl)cc(CNCCCCC(F)(F)F)c1O. The lowest BCUT2D eigenvalue weighted by atomic mass is 10.1. The zero-order valence-corrected chi connectivity index (χ0v) is 11.8. The first-order valence-electron chi connectivity index (χ1n) is 6.16. The summed E-state index contributed by atoms with van der Waals surface area (Å²) >= 11 is 5.87. The summed E-state index contributed by atoms with van der Waals surface area (Å²) in [7, 11) is 1.42. The van der Waals surface area contributed by atoms with Crippen LogP contribution in [0.1, 0.15) is 24.8 Å². The van der Waals surface area contributed by atoms with E-state index in [4.69, 9.17) is 16.3 Å². The van der Waals surface area contributed by atoms with Gasteiger partial charge in [-0.25, -0.2) is 0 Å². The van der Waals surface area contributed by atoms with Crippen LogP contribution in [-0.4, -0.2) is 24.9 Å². The van der Waals surface area contributed by atoms with E-state index in [1.165, 1.54) is 13.2 Å². The summed E-state index contributed by atoms with van der Waals surface area (Å²) in [6.07, 6.45) is -4.37. The van der Waals surface area contributed by atoms with Crippen molar-refractivity contribution in [2.24, 2.45) is 0 Å². The summed E-state index contributed by atoms with van der Waals surface area (Å²) in [6.45, 7) is 0.749. The predicted molar refractivity (Wildman–Crippen MR) is 71.3 cm³/mol. The van der Waals surface area contributed by atoms with Gasteiger partial charge in [0.15, 0.2) is 11.5 Å². The molecule has 0 bridgehead atoms. The fourth-order valence-electron chi connectivity index (χ4n) is 1.72. The molecular weight excluding hydrogens is 295 g/mol. The Morgan fingerprint density at radius 2 is 2.00 bits per heavy atom. The average Bonchev–Trinajstić information content (AvgIpc) is 2.35. The summed E-state index contributed by atoms with van der Waals surface area (Å²) in [4.78, 5) is 0. The van der Waals surface area contributed by atoms with E-state index < -0.39 is 12.6 Å². The standard InChI is InChI=1S/C13H17ClF3NO2/c1-20-11-7-10(14)6-9(12(11)19)8-18-5-3-2-4-13(15,16)17/h6-7,18-19H,2-5,8H2,1H3. The third-order valence-electron chi connectivity index (χ3n) is 2.72. The number of phenols is 1. The highest BCUT2D eigenvalue weighted by Gasteiger charge is 2.25. The van der Waals surface area contributed by atoms with Crippen molar-refractivity contribution in [2.75, 3.05) is 13.7 Å². The molecule has 7 heteroatoms. The van der Waals surface area contributed by atoms with Gasteiger partial charge in [-0.05, 0) is 25.5 Å². The van der Waals surface area contributed by atoms with Crippen molar-refractivity contribution in [2.45, 2.75) is 32.0 Å². The van der Waals surface area contributed by atoms with Gasteiger partial charge in [-0.2, -0.15) is 13.2 Å². The number of aromatic hydroxyl groups is 1. The minimum absolute atomic E-state index is 0.0142. The second-order valence-corrected chi connectivity index (χ2v) is 4.80. The number of unbranched alkanes of at least 4 members (excludes halogenated alkanes) is 1. The van der Waals surface area contributed by atoms with Gasteiger partial charge in [-0.15, -0.1) is 0 Å². The van der Waals surface area contributed by atoms with Crippen LogP contribution in [0.2, 0.25) is 5.02 Å². The first kappa shape index (κ1) is 16.9. The van der Waals surface area contributed by atoms with Crippen LogP contribution in [0.3, 0.4) is 0 Å². The highest BCUT2D eigenvalue weighted by molar-refractivity contribution is 6.30. The van der Waals surface area contributed by atoms with E-state index in [1.807, 2.05) is 0 Å². The maximum atomic E-state index is 11.9. The molecule has 0 fully saturated rings. The molecule has 0 atom stereocenters. The first-order valence-corrected chi connectivity index (χ1v) is 6.54. The Morgan fingerprint density at radius 3 is 2.60 bits per heavy atom. The molecule has 0 aromatic heterocycles. The van der Waals surface area contributed by atoms with Gasteiger partial charge in [0.2, 0.25) is 0 Å². The van der Waals surface area contributed by atoms with Crippen molar-refractivity contribution in [3.8, 4) is 11.5 Å². The smallest absolute Gasteiger partial charge is 0.389 e. The number of ether oxygens (including phenoxy) is 1. The molecule has 0 spiro atoms. The zero-order chi connectivity index (χ0) is 15.2. The Bertz CT molecular complexity index is 438. The van der Waals surface area contributed by atoms with E-state index in [1.54, 1.807) is 6.07 Å². The Balaban J connectivity index is 2.37. The third kappa shape index (κ3) is 5.88. The van der Waals surface area contributed by atoms with Gasteiger partial charge in [0.25, 0.3) is 0 Å². The van der Waals surface area contributed by atoms with Crippen molar-refractivity contribution in [1.82, 2.24) is 5.32 Å². The Labute approximate surface area is 120 Å². The first-order chi connectivity index (χ1) is 9.33. The fraction of sp³-hybridized carbons (Fsp3) is 0.538. The van der Waals surface area contributed by atoms with E-state index in [9.17, 15) is 18.3 Å². The van der Waals surface area contributed by atoms with Crippen molar-refractivity contribution in [3.63, 3.8) is 0 Å². The molecule has 3 nitrogen and oxygen atoms in total. The Morgan fingerprint density at radius 1 is 1.30 bits per heavy atom. The van der Waals surface area contributed by atoms with Gasteiger partial charge < -0.3 is 15.2 Å². The third-order valence-corrected chi connectivity index (χ3v) is 2.94. The monoisotopic (exact) mass is 311 g/mol. The second-order valence-electron chi connectivity index (χ2n) is 4.36. The average molecular weight is 312 g/mol. The topological polar surface area (TPSA) is 41.5 Å². The lowest BCUT2D eigenvalue weighted by Crippen LogP contribution is -2.16. The van der Waals surface area contributed by atoms with Crippen molar-refractivity contribution < 1.29 is 23.0 Å². The van der Waals surface area contributed by atoms with Crippen LogP contribution in [0, 0.1) is 0 Å². The number of halogens is 4. The van der Waals surface area contributed by atoms with Gasteiger partial charge in [0.05, 0.1) is 7.11 Å². The molecular formula is C13H17ClF3NO2. The molecule has 0 radical (unpaired) electrons. The van der Waals surface area contributed by atoms with E-state index >= 15 is 0 Å². The highest BCUT2D eigenvalue weighted by Crippen LogP contribution is 2.33. The van der Waals surface area contributed by atoms with Gasteiger partial charge in [0, 0.05) is 29.6 Å². The highest BCUT2D eigenvalue weighted by atomic mass is 35.5. The van der Waals surface area contributed by atoms with Gasteiger partial charge in [-0.1, -0.05) is 11.6 Å². The number of hydrogen-bond donors (Lipinski definition) is 2. The van der Waals surface area contributed by atoms with Crippen LogP contribution < -0.4 is 10.1 Å². The minimum Gasteiger partial charge on any atom is -0.504 e. The zero-order valence-electron chi connectivity index (χ0n) is 11.1. The summed E-state index contributed by atoms with van der Waals surface area (Å²) in [5.74, 6) is 0.256. The molecule has 20 heavy (non-hydrogen) atoms. The van der Waals surface area contributed by atoms with Crippen molar-refractivity contribution in [1.29, 1.82) is 0 Å². The molecule has 0 heterocycles. The molecule has 0 unspecified atom stereocenters. The number of methoxy groups -OCH3 is 1. The molecule has 1 aromatic carbocycles. The largest absolute Gasteiger partial charge is 0.504 e. The van der Waals surface area contributed by atoms with Gasteiger partial charge in [-0.3, -0.25) is 0 Å². The van der Waals surface area contributed by atoms with Crippen LogP contribution in [0.15, 0.2) is 12.1 Å². The predicted octanol–water partition coefficient (Wildman–Crippen LogP) is 3.88. The molecule has 0 aliphatic carbocycles. The van der Waals surface area contributed by atoms with Crippen LogP contribution in [-0.2, 0) is 6.54 Å². The van der Waals surface area contributed by atoms with Crippen molar-refractivity contribution >= 4 is 11.6 Å². The van der Waals surface area contributed by atoms with Crippen LogP contribution >= 0.6 is 11.6 Å². The molecule has 0 aliphatic rings. The molecule has 2 N–H and O–H groups in total. The Hall–Kier alpha value is -1.14. The molecule has 114 valence electrons. The quantitative estimate of drug-likeness (QED) is 0.751. The summed E-state index contributed by atoms with van der Waals surface area (Å²) < 4.78 is 40.7. The number of nitrogens with one attached hydrogen (secondary N) is 1. The summed E-state index contributed by atoms with van der Waals surface area (Å²) in [6, 6.07) is 3.08. The summed E-state index contributed by atoms with van der Waals surface area (Å²) in [5, 5.41) is 13.2. The van der Waals surface area contributed by atoms with E-state index in [-0.39, 0.29) is 17.9 Å². The molecule has 1 aromatic rings. The molecule has 0 aliphatic heterocycles. The van der Waals surface area contributed by atoms with Crippen LogP contribution in [0.25, 0.3) is 0 Å². The van der Waals surface area contributed by atoms with Gasteiger partial charge in [0.1, 0.15) is 0 Å². The number of phenolic OH excluding ortho intramolecular Hbond substituents is 1. The summed E-state index contributed by atoms with van der Waals surface area (Å²) in [5.41, 5.74) is 0.546. The Kier molecular flexibility index (Phi) is 6.42. The normalized spacial score (nSPS) is 11.7. The number of benzene rings is 1. The number of alkyl halides is 3. The molecule has 1 rings (SSSR count). The van der Waals surface area contributed by atoms with Crippen LogP contribution in [0.4, 0.5) is 13.2 Å². The lowest BCUT2D eigenvalue weighted by Gasteiger charge is -2.11. The lowest BCUT2D eigenvalue weighted by molar-refractivity contribution is -0.135. The molecule has 0 amide bonds.